The topological polar surface area (TPSA) is 12.0 Å². The minimum atomic E-state index is -4.51. The van der Waals surface area contributed by atoms with Gasteiger partial charge < -0.3 is 5.32 Å². The number of anilines is 1. The summed E-state index contributed by atoms with van der Waals surface area (Å²) < 4.78 is 79.5. The first-order chi connectivity index (χ1) is 16.6. The lowest BCUT2D eigenvalue weighted by Gasteiger charge is -2.26. The molecule has 0 amide bonds. The van der Waals surface area contributed by atoms with E-state index in [4.69, 9.17) is 0 Å². The second kappa shape index (κ2) is 10.2. The van der Waals surface area contributed by atoms with Crippen molar-refractivity contribution in [2.75, 3.05) is 5.32 Å². The van der Waals surface area contributed by atoms with Crippen LogP contribution in [-0.2, 0) is 6.18 Å². The van der Waals surface area contributed by atoms with Crippen molar-refractivity contribution in [2.24, 2.45) is 5.92 Å². The third-order valence-corrected chi connectivity index (χ3v) is 6.29. The molecule has 0 saturated heterocycles. The molecule has 0 aliphatic heterocycles. The van der Waals surface area contributed by atoms with E-state index in [2.05, 4.69) is 5.32 Å². The van der Waals surface area contributed by atoms with E-state index >= 15 is 0 Å². The maximum Gasteiger partial charge on any atom is 0.416 e. The van der Waals surface area contributed by atoms with Gasteiger partial charge in [0.1, 0.15) is 0 Å². The van der Waals surface area contributed by atoms with Crippen molar-refractivity contribution in [2.45, 2.75) is 44.1 Å². The van der Waals surface area contributed by atoms with E-state index in [9.17, 15) is 26.3 Å². The van der Waals surface area contributed by atoms with E-state index in [1.165, 1.54) is 12.1 Å². The van der Waals surface area contributed by atoms with Crippen molar-refractivity contribution >= 4 is 11.3 Å². The molecule has 0 heterocycles. The molecule has 0 fully saturated rings. The molecular weight excluding hydrogens is 464 g/mol. The molecule has 2 aromatic carbocycles. The fourth-order valence-electron chi connectivity index (χ4n) is 4.37. The number of allylic oxidation sites excluding steroid dienone is 6. The van der Waals surface area contributed by atoms with Gasteiger partial charge in [-0.3, -0.25) is 0 Å². The van der Waals surface area contributed by atoms with Crippen molar-refractivity contribution < 1.29 is 26.3 Å². The summed E-state index contributed by atoms with van der Waals surface area (Å²) in [6, 6.07) is 14.7. The number of hydrogen-bond donors (Lipinski definition) is 1. The highest BCUT2D eigenvalue weighted by Gasteiger charge is 2.40. The molecule has 1 N–H and O–H groups in total. The highest BCUT2D eigenvalue weighted by Crippen LogP contribution is 2.41. The minimum absolute atomic E-state index is 0.0630. The van der Waals surface area contributed by atoms with Crippen LogP contribution in [0.4, 0.5) is 32.0 Å². The van der Waals surface area contributed by atoms with Gasteiger partial charge in [0.2, 0.25) is 0 Å². The highest BCUT2D eigenvalue weighted by molar-refractivity contribution is 5.82. The first-order valence-corrected chi connectivity index (χ1v) is 11.4. The van der Waals surface area contributed by atoms with Crippen LogP contribution < -0.4 is 5.32 Å². The van der Waals surface area contributed by atoms with Crippen molar-refractivity contribution in [3.63, 3.8) is 0 Å². The van der Waals surface area contributed by atoms with Crippen LogP contribution in [0.2, 0.25) is 0 Å². The van der Waals surface area contributed by atoms with Crippen LogP contribution in [-0.4, -0.2) is 12.2 Å². The SMILES string of the molecule is FC(F)(F)c1cccc(C(=CC2=CCC(Nc3ccccc3)C=C2)C2=CCC(C(F)(F)F)CC2)c1. The molecule has 0 aromatic heterocycles. The van der Waals surface area contributed by atoms with Gasteiger partial charge in [-0.25, -0.2) is 0 Å². The fourth-order valence-corrected chi connectivity index (χ4v) is 4.37. The summed E-state index contributed by atoms with van der Waals surface area (Å²) in [6.07, 6.45) is 0.945. The van der Waals surface area contributed by atoms with E-state index in [0.29, 0.717) is 23.1 Å². The standard InChI is InChI=1S/C28H25F6N/c29-27(30,31)22-13-11-20(12-14-22)26(21-5-4-6-23(18-21)28(32,33)34)17-19-9-15-25(16-10-19)35-24-7-2-1-3-8-24/h1-11,15,17-18,22,25,35H,12-14,16H2. The summed E-state index contributed by atoms with van der Waals surface area (Å²) in [5, 5.41) is 3.40. The zero-order valence-corrected chi connectivity index (χ0v) is 18.8. The van der Waals surface area contributed by atoms with Gasteiger partial charge >= 0.3 is 12.4 Å². The lowest BCUT2D eigenvalue weighted by atomic mass is 9.83. The Labute approximate surface area is 200 Å². The van der Waals surface area contributed by atoms with Gasteiger partial charge in [-0.1, -0.05) is 54.6 Å². The smallest absolute Gasteiger partial charge is 0.379 e. The van der Waals surface area contributed by atoms with Crippen LogP contribution in [0.3, 0.4) is 0 Å². The Balaban J connectivity index is 1.62. The van der Waals surface area contributed by atoms with Gasteiger partial charge in [-0.05, 0) is 78.3 Å². The summed E-state index contributed by atoms with van der Waals surface area (Å²) >= 11 is 0. The number of benzene rings is 2. The van der Waals surface area contributed by atoms with Crippen LogP contribution in [0, 0.1) is 5.92 Å². The van der Waals surface area contributed by atoms with Crippen LogP contribution >= 0.6 is 0 Å². The zero-order chi connectivity index (χ0) is 25.1. The Morgan fingerprint density at radius 3 is 2.26 bits per heavy atom. The fraction of sp³-hybridized carbons (Fsp3) is 0.286. The second-order valence-corrected chi connectivity index (χ2v) is 8.79. The number of nitrogens with one attached hydrogen (secondary N) is 1. The molecule has 0 saturated carbocycles. The average molecular weight is 490 g/mol. The molecule has 184 valence electrons. The molecule has 2 unspecified atom stereocenters. The average Bonchev–Trinajstić information content (AvgIpc) is 2.83. The molecule has 0 radical (unpaired) electrons. The van der Waals surface area contributed by atoms with Gasteiger partial charge in [0, 0.05) is 11.7 Å². The van der Waals surface area contributed by atoms with Crippen molar-refractivity contribution in [1.82, 2.24) is 0 Å². The van der Waals surface area contributed by atoms with Crippen LogP contribution in [0.5, 0.6) is 0 Å². The molecule has 4 rings (SSSR count). The molecule has 2 atom stereocenters. The summed E-state index contributed by atoms with van der Waals surface area (Å²) in [4.78, 5) is 0. The van der Waals surface area contributed by atoms with Gasteiger partial charge in [0.05, 0.1) is 11.5 Å². The summed E-state index contributed by atoms with van der Waals surface area (Å²) in [5.74, 6) is -1.42. The van der Waals surface area contributed by atoms with Crippen molar-refractivity contribution in [1.29, 1.82) is 0 Å². The molecule has 0 spiro atoms. The van der Waals surface area contributed by atoms with Gasteiger partial charge in [-0.15, -0.1) is 0 Å². The molecule has 7 heteroatoms. The van der Waals surface area contributed by atoms with Crippen LogP contribution in [0.15, 0.2) is 96.1 Å². The number of hydrogen-bond acceptors (Lipinski definition) is 1. The zero-order valence-electron chi connectivity index (χ0n) is 18.8. The predicted octanol–water partition coefficient (Wildman–Crippen LogP) is 8.74. The number of rotatable bonds is 5. The third kappa shape index (κ3) is 6.47. The highest BCUT2D eigenvalue weighted by atomic mass is 19.4. The Morgan fingerprint density at radius 1 is 0.886 bits per heavy atom. The first kappa shape index (κ1) is 24.9. The van der Waals surface area contributed by atoms with Crippen molar-refractivity contribution in [3.8, 4) is 0 Å². The largest absolute Gasteiger partial charge is 0.416 e. The molecule has 2 aromatic rings. The quantitative estimate of drug-likeness (QED) is 0.414. The van der Waals surface area contributed by atoms with E-state index in [0.717, 1.165) is 23.4 Å². The molecule has 1 nitrogen and oxygen atoms in total. The Morgan fingerprint density at radius 2 is 1.66 bits per heavy atom. The Kier molecular flexibility index (Phi) is 7.24. The van der Waals surface area contributed by atoms with E-state index in [-0.39, 0.29) is 25.3 Å². The lowest BCUT2D eigenvalue weighted by molar-refractivity contribution is -0.176. The first-order valence-electron chi connectivity index (χ1n) is 11.4. The monoisotopic (exact) mass is 489 g/mol. The second-order valence-electron chi connectivity index (χ2n) is 8.79. The number of para-hydroxylation sites is 1. The van der Waals surface area contributed by atoms with E-state index in [1.54, 1.807) is 12.1 Å². The van der Waals surface area contributed by atoms with E-state index < -0.39 is 23.8 Å². The summed E-state index contributed by atoms with van der Waals surface area (Å²) in [6.45, 7) is 0. The number of alkyl halides is 6. The van der Waals surface area contributed by atoms with Crippen LogP contribution in [0.25, 0.3) is 5.57 Å². The maximum absolute atomic E-state index is 13.3. The van der Waals surface area contributed by atoms with Gasteiger partial charge in [0.25, 0.3) is 0 Å². The summed E-state index contributed by atoms with van der Waals surface area (Å²) in [5.41, 5.74) is 2.51. The van der Waals surface area contributed by atoms with Crippen molar-refractivity contribution in [3.05, 3.63) is 107 Å². The molecular formula is C28H25F6N. The minimum Gasteiger partial charge on any atom is -0.379 e. The normalized spacial score (nSPS) is 21.4. The van der Waals surface area contributed by atoms with E-state index in [1.807, 2.05) is 48.6 Å². The maximum atomic E-state index is 13.3. The molecule has 2 aliphatic rings. The number of halogens is 6. The third-order valence-electron chi connectivity index (χ3n) is 6.29. The summed E-state index contributed by atoms with van der Waals surface area (Å²) in [7, 11) is 0. The van der Waals surface area contributed by atoms with Gasteiger partial charge in [-0.2, -0.15) is 26.3 Å². The lowest BCUT2D eigenvalue weighted by Crippen LogP contribution is -2.24. The molecule has 2 aliphatic carbocycles. The molecule has 35 heavy (non-hydrogen) atoms. The Bertz CT molecular complexity index is 1150. The Hall–Kier alpha value is -3.22. The van der Waals surface area contributed by atoms with Gasteiger partial charge in [0.15, 0.2) is 0 Å². The molecule has 0 bridgehead atoms. The van der Waals surface area contributed by atoms with Crippen LogP contribution in [0.1, 0.15) is 36.8 Å². The predicted molar refractivity (Wildman–Crippen MR) is 127 cm³/mol.